The molecule has 0 aliphatic carbocycles. The number of hydrogen-bond acceptors (Lipinski definition) is 0. The zero-order chi connectivity index (χ0) is 23.9. The second-order valence-electron chi connectivity index (χ2n) is 10.5. The Hall–Kier alpha value is -0.520. The maximum atomic E-state index is 2.44. The largest absolute Gasteiger partial charge is 0.0885 e. The zero-order valence-electron chi connectivity index (χ0n) is 23.4. The lowest BCUT2D eigenvalue weighted by atomic mass is 10.0. The highest BCUT2D eigenvalue weighted by molar-refractivity contribution is 4.81. The number of rotatable bonds is 28. The lowest BCUT2D eigenvalue weighted by Gasteiger charge is -2.03. The molecular weight excluding hydrogens is 396 g/mol. The van der Waals surface area contributed by atoms with Gasteiger partial charge in [0.1, 0.15) is 0 Å². The molecule has 0 aromatic heterocycles. The van der Waals surface area contributed by atoms with Crippen molar-refractivity contribution in [3.8, 4) is 0 Å². The summed E-state index contributed by atoms with van der Waals surface area (Å²) in [5.41, 5.74) is 0. The van der Waals surface area contributed by atoms with Crippen molar-refractivity contribution < 1.29 is 0 Å². The summed E-state index contributed by atoms with van der Waals surface area (Å²) in [5.74, 6) is 0. The smallest absolute Gasteiger partial charge is 0.0351 e. The van der Waals surface area contributed by atoms with Crippen molar-refractivity contribution in [1.82, 2.24) is 0 Å². The highest BCUT2D eigenvalue weighted by atomic mass is 14.0. The summed E-state index contributed by atoms with van der Waals surface area (Å²) in [6, 6.07) is 0. The third-order valence-corrected chi connectivity index (χ3v) is 7.02. The minimum atomic E-state index is 1.29. The molecule has 196 valence electrons. The molecule has 0 heteroatoms. The van der Waals surface area contributed by atoms with Gasteiger partial charge in [-0.05, 0) is 44.9 Å². The molecule has 0 spiro atoms. The van der Waals surface area contributed by atoms with Crippen molar-refractivity contribution in [1.29, 1.82) is 0 Å². The molecule has 0 rings (SSSR count). The highest BCUT2D eigenvalue weighted by Crippen LogP contribution is 2.15. The molecule has 0 amide bonds. The Morgan fingerprint density at radius 2 is 0.455 bits per heavy atom. The maximum Gasteiger partial charge on any atom is -0.0351 e. The highest BCUT2D eigenvalue weighted by Gasteiger charge is 1.95. The fourth-order valence-electron chi connectivity index (χ4n) is 4.66. The predicted molar refractivity (Wildman–Crippen MR) is 154 cm³/mol. The normalized spacial score (nSPS) is 11.9. The number of allylic oxidation sites excluding steroid dienone is 4. The van der Waals surface area contributed by atoms with E-state index in [1.165, 1.54) is 173 Å². The molecule has 0 bridgehead atoms. The van der Waals surface area contributed by atoms with Gasteiger partial charge in [-0.1, -0.05) is 167 Å². The minimum absolute atomic E-state index is 1.29. The molecule has 0 fully saturated rings. The van der Waals surface area contributed by atoms with Crippen molar-refractivity contribution >= 4 is 0 Å². The first-order valence-corrected chi connectivity index (χ1v) is 15.7. The topological polar surface area (TPSA) is 0 Å². The fourth-order valence-corrected chi connectivity index (χ4v) is 4.66. The Balaban J connectivity index is 3.07. The van der Waals surface area contributed by atoms with E-state index in [1.54, 1.807) is 0 Å². The molecule has 0 saturated heterocycles. The molecule has 0 heterocycles. The molecule has 0 nitrogen and oxygen atoms in total. The van der Waals surface area contributed by atoms with Gasteiger partial charge >= 0.3 is 0 Å². The Labute approximate surface area is 211 Å². The quantitative estimate of drug-likeness (QED) is 0.0804. The Morgan fingerprint density at radius 3 is 0.727 bits per heavy atom. The van der Waals surface area contributed by atoms with Gasteiger partial charge in [0.2, 0.25) is 0 Å². The van der Waals surface area contributed by atoms with Crippen LogP contribution >= 0.6 is 0 Å². The molecule has 0 radical (unpaired) electrons. The summed E-state index contributed by atoms with van der Waals surface area (Å²) in [5, 5.41) is 0. The van der Waals surface area contributed by atoms with E-state index in [-0.39, 0.29) is 0 Å². The summed E-state index contributed by atoms with van der Waals surface area (Å²) in [4.78, 5) is 0. The summed E-state index contributed by atoms with van der Waals surface area (Å²) in [6.07, 6.45) is 47.9. The van der Waals surface area contributed by atoms with Gasteiger partial charge in [0.15, 0.2) is 0 Å². The maximum absolute atomic E-state index is 2.44. The SMILES string of the molecule is CCCCC=CCCCCCCCCCCCCCCCCCCC=CCCCCCCC. The van der Waals surface area contributed by atoms with Gasteiger partial charge in [0.25, 0.3) is 0 Å². The zero-order valence-corrected chi connectivity index (χ0v) is 23.4. The van der Waals surface area contributed by atoms with Gasteiger partial charge in [-0.2, -0.15) is 0 Å². The first-order valence-electron chi connectivity index (χ1n) is 15.7. The average molecular weight is 461 g/mol. The third kappa shape index (κ3) is 31.5. The van der Waals surface area contributed by atoms with Crippen LogP contribution < -0.4 is 0 Å². The van der Waals surface area contributed by atoms with Gasteiger partial charge in [-0.25, -0.2) is 0 Å². The first-order chi connectivity index (χ1) is 16.4. The Bertz CT molecular complexity index is 377. The van der Waals surface area contributed by atoms with Gasteiger partial charge in [0, 0.05) is 0 Å². The fraction of sp³-hybridized carbons (Fsp3) is 0.879. The van der Waals surface area contributed by atoms with Crippen LogP contribution in [0.2, 0.25) is 0 Å². The predicted octanol–water partition coefficient (Wildman–Crippen LogP) is 12.7. The lowest BCUT2D eigenvalue weighted by Crippen LogP contribution is -1.84. The molecular formula is C33H64. The number of hydrogen-bond donors (Lipinski definition) is 0. The van der Waals surface area contributed by atoms with Crippen LogP contribution in [0.5, 0.6) is 0 Å². The van der Waals surface area contributed by atoms with E-state index in [9.17, 15) is 0 Å². The molecule has 0 aliphatic rings. The first kappa shape index (κ1) is 32.5. The van der Waals surface area contributed by atoms with Gasteiger partial charge in [0.05, 0.1) is 0 Å². The summed E-state index contributed by atoms with van der Waals surface area (Å²) < 4.78 is 0. The van der Waals surface area contributed by atoms with Crippen LogP contribution in [0, 0.1) is 0 Å². The van der Waals surface area contributed by atoms with Crippen LogP contribution in [0.3, 0.4) is 0 Å². The van der Waals surface area contributed by atoms with E-state index in [1.807, 2.05) is 0 Å². The second-order valence-corrected chi connectivity index (χ2v) is 10.5. The van der Waals surface area contributed by atoms with Crippen molar-refractivity contribution in [3.63, 3.8) is 0 Å². The van der Waals surface area contributed by atoms with Crippen LogP contribution in [0.15, 0.2) is 24.3 Å². The Morgan fingerprint density at radius 1 is 0.242 bits per heavy atom. The monoisotopic (exact) mass is 461 g/mol. The second kappa shape index (κ2) is 31.5. The Kier molecular flexibility index (Phi) is 31.0. The van der Waals surface area contributed by atoms with Crippen LogP contribution in [0.1, 0.15) is 187 Å². The van der Waals surface area contributed by atoms with Gasteiger partial charge < -0.3 is 0 Å². The number of unbranched alkanes of at least 4 members (excludes halogenated alkanes) is 24. The molecule has 0 aromatic carbocycles. The molecule has 0 saturated carbocycles. The van der Waals surface area contributed by atoms with Crippen LogP contribution in [-0.2, 0) is 0 Å². The van der Waals surface area contributed by atoms with Crippen molar-refractivity contribution in [2.24, 2.45) is 0 Å². The van der Waals surface area contributed by atoms with E-state index in [2.05, 4.69) is 38.2 Å². The minimum Gasteiger partial charge on any atom is -0.0885 e. The van der Waals surface area contributed by atoms with Crippen LogP contribution in [0.4, 0.5) is 0 Å². The van der Waals surface area contributed by atoms with Crippen LogP contribution in [0.25, 0.3) is 0 Å². The summed E-state index contributed by atoms with van der Waals surface area (Å²) in [7, 11) is 0. The van der Waals surface area contributed by atoms with Crippen LogP contribution in [-0.4, -0.2) is 0 Å². The van der Waals surface area contributed by atoms with Crippen molar-refractivity contribution in [2.75, 3.05) is 0 Å². The molecule has 0 atom stereocenters. The lowest BCUT2D eigenvalue weighted by molar-refractivity contribution is 0.528. The molecule has 0 aliphatic heterocycles. The van der Waals surface area contributed by atoms with Gasteiger partial charge in [-0.3, -0.25) is 0 Å². The van der Waals surface area contributed by atoms with E-state index < -0.39 is 0 Å². The van der Waals surface area contributed by atoms with E-state index in [0.29, 0.717) is 0 Å². The van der Waals surface area contributed by atoms with Gasteiger partial charge in [-0.15, -0.1) is 0 Å². The summed E-state index contributed by atoms with van der Waals surface area (Å²) >= 11 is 0. The van der Waals surface area contributed by atoms with E-state index in [4.69, 9.17) is 0 Å². The molecule has 0 unspecified atom stereocenters. The van der Waals surface area contributed by atoms with E-state index >= 15 is 0 Å². The molecule has 33 heavy (non-hydrogen) atoms. The molecule has 0 N–H and O–H groups in total. The third-order valence-electron chi connectivity index (χ3n) is 7.02. The van der Waals surface area contributed by atoms with Crippen molar-refractivity contribution in [3.05, 3.63) is 24.3 Å². The van der Waals surface area contributed by atoms with E-state index in [0.717, 1.165) is 0 Å². The summed E-state index contributed by atoms with van der Waals surface area (Å²) in [6.45, 7) is 4.56. The van der Waals surface area contributed by atoms with Crippen molar-refractivity contribution in [2.45, 2.75) is 187 Å². The molecule has 0 aromatic rings. The average Bonchev–Trinajstić information content (AvgIpc) is 2.83. The standard InChI is InChI=1S/C33H64/c1-3-5-7-9-11-13-15-17-19-21-23-25-27-29-31-33-32-30-28-26-24-22-20-18-16-14-12-10-8-6-4-2/h9,11,16,18H,3-8,10,12-15,17,19-33H2,1-2H3.